The highest BCUT2D eigenvalue weighted by molar-refractivity contribution is 7.80. The number of nitrogens with one attached hydrogen (secondary N) is 2. The predicted molar refractivity (Wildman–Crippen MR) is 93.2 cm³/mol. The van der Waals surface area contributed by atoms with E-state index < -0.39 is 5.91 Å². The maximum Gasteiger partial charge on any atom is 0.251 e. The number of thiocarbonyl (C=S) groups is 1. The van der Waals surface area contributed by atoms with E-state index in [2.05, 4.69) is 17.6 Å². The SMILES string of the molecule is CC(C)C(=O)NC(=S)Nc1sc2c(c1C(N)=O)CC[C@@H](C)C2. The Bertz CT molecular complexity index is 623. The molecule has 7 heteroatoms. The van der Waals surface area contributed by atoms with E-state index in [1.165, 1.54) is 16.2 Å². The van der Waals surface area contributed by atoms with Gasteiger partial charge in [-0.15, -0.1) is 11.3 Å². The molecule has 120 valence electrons. The third-order valence-electron chi connectivity index (χ3n) is 3.75. The molecule has 1 aliphatic rings. The second-order valence-corrected chi connectivity index (χ2v) is 7.53. The van der Waals surface area contributed by atoms with Crippen molar-refractivity contribution in [1.82, 2.24) is 5.32 Å². The highest BCUT2D eigenvalue weighted by atomic mass is 32.1. The van der Waals surface area contributed by atoms with Gasteiger partial charge in [-0.3, -0.25) is 9.59 Å². The predicted octanol–water partition coefficient (Wildman–Crippen LogP) is 2.44. The minimum atomic E-state index is -0.451. The molecule has 0 spiro atoms. The lowest BCUT2D eigenvalue weighted by Crippen LogP contribution is -2.36. The lowest BCUT2D eigenvalue weighted by molar-refractivity contribution is -0.122. The normalized spacial score (nSPS) is 17.0. The van der Waals surface area contributed by atoms with Crippen molar-refractivity contribution < 1.29 is 9.59 Å². The van der Waals surface area contributed by atoms with Crippen molar-refractivity contribution in [2.45, 2.75) is 40.0 Å². The Morgan fingerprint density at radius 1 is 1.41 bits per heavy atom. The summed E-state index contributed by atoms with van der Waals surface area (Å²) in [5, 5.41) is 6.43. The first kappa shape index (κ1) is 16.9. The van der Waals surface area contributed by atoms with E-state index in [0.29, 0.717) is 16.5 Å². The average Bonchev–Trinajstić information content (AvgIpc) is 2.74. The van der Waals surface area contributed by atoms with Crippen molar-refractivity contribution in [2.75, 3.05) is 5.32 Å². The Morgan fingerprint density at radius 3 is 2.68 bits per heavy atom. The van der Waals surface area contributed by atoms with E-state index >= 15 is 0 Å². The molecule has 2 amide bonds. The fraction of sp³-hybridized carbons (Fsp3) is 0.533. The molecule has 0 unspecified atom stereocenters. The molecule has 0 aliphatic heterocycles. The number of amides is 2. The Morgan fingerprint density at radius 2 is 2.09 bits per heavy atom. The second-order valence-electron chi connectivity index (χ2n) is 6.02. The number of thiophene rings is 1. The van der Waals surface area contributed by atoms with E-state index in [1.54, 1.807) is 13.8 Å². The van der Waals surface area contributed by atoms with Crippen LogP contribution in [0.4, 0.5) is 5.00 Å². The van der Waals surface area contributed by atoms with Crippen LogP contribution in [0.5, 0.6) is 0 Å². The third-order valence-corrected chi connectivity index (χ3v) is 5.12. The van der Waals surface area contributed by atoms with E-state index in [-0.39, 0.29) is 16.9 Å². The zero-order valence-corrected chi connectivity index (χ0v) is 14.6. The summed E-state index contributed by atoms with van der Waals surface area (Å²) in [7, 11) is 0. The van der Waals surface area contributed by atoms with E-state index in [4.69, 9.17) is 18.0 Å². The van der Waals surface area contributed by atoms with Gasteiger partial charge < -0.3 is 16.4 Å². The number of nitrogens with two attached hydrogens (primary N) is 1. The van der Waals surface area contributed by atoms with Crippen molar-refractivity contribution >= 4 is 45.5 Å². The summed E-state index contributed by atoms with van der Waals surface area (Å²) in [6.45, 7) is 5.78. The van der Waals surface area contributed by atoms with Crippen molar-refractivity contribution in [3.8, 4) is 0 Å². The average molecular weight is 339 g/mol. The molecule has 4 N–H and O–H groups in total. The van der Waals surface area contributed by atoms with Crippen LogP contribution in [-0.2, 0) is 17.6 Å². The Labute approximate surface area is 139 Å². The highest BCUT2D eigenvalue weighted by Gasteiger charge is 2.27. The van der Waals surface area contributed by atoms with E-state index in [9.17, 15) is 9.59 Å². The minimum absolute atomic E-state index is 0.159. The van der Waals surface area contributed by atoms with E-state index in [0.717, 1.165) is 24.8 Å². The first-order chi connectivity index (χ1) is 10.3. The Balaban J connectivity index is 2.22. The number of anilines is 1. The van der Waals surface area contributed by atoms with Gasteiger partial charge >= 0.3 is 0 Å². The topological polar surface area (TPSA) is 84.2 Å². The molecule has 0 saturated heterocycles. The van der Waals surface area contributed by atoms with Crippen LogP contribution in [-0.4, -0.2) is 16.9 Å². The van der Waals surface area contributed by atoms with Gasteiger partial charge in [0, 0.05) is 10.8 Å². The Kier molecular flexibility index (Phi) is 5.18. The fourth-order valence-corrected chi connectivity index (χ4v) is 4.18. The van der Waals surface area contributed by atoms with Gasteiger partial charge in [-0.2, -0.15) is 0 Å². The summed E-state index contributed by atoms with van der Waals surface area (Å²) < 4.78 is 0. The van der Waals surface area contributed by atoms with Gasteiger partial charge in [-0.25, -0.2) is 0 Å². The lowest BCUT2D eigenvalue weighted by atomic mass is 9.88. The molecule has 0 saturated carbocycles. The van der Waals surface area contributed by atoms with Crippen molar-refractivity contribution in [2.24, 2.45) is 17.6 Å². The summed E-state index contributed by atoms with van der Waals surface area (Å²) in [5.41, 5.74) is 7.10. The zero-order chi connectivity index (χ0) is 16.4. The monoisotopic (exact) mass is 339 g/mol. The number of hydrogen-bond acceptors (Lipinski definition) is 4. The smallest absolute Gasteiger partial charge is 0.251 e. The van der Waals surface area contributed by atoms with Gasteiger partial charge in [-0.1, -0.05) is 20.8 Å². The molecule has 0 bridgehead atoms. The van der Waals surface area contributed by atoms with Crippen LogP contribution in [0.3, 0.4) is 0 Å². The molecule has 1 atom stereocenters. The number of hydrogen-bond donors (Lipinski definition) is 3. The molecule has 22 heavy (non-hydrogen) atoms. The Hall–Kier alpha value is -1.47. The largest absolute Gasteiger partial charge is 0.365 e. The summed E-state index contributed by atoms with van der Waals surface area (Å²) in [6, 6.07) is 0. The molecule has 1 heterocycles. The van der Waals surface area contributed by atoms with Gasteiger partial charge in [0.1, 0.15) is 5.00 Å². The van der Waals surface area contributed by atoms with Gasteiger partial charge in [0.25, 0.3) is 5.91 Å². The van der Waals surface area contributed by atoms with Gasteiger partial charge in [0.15, 0.2) is 5.11 Å². The zero-order valence-electron chi connectivity index (χ0n) is 13.0. The number of carbonyl (C=O) groups excluding carboxylic acids is 2. The molecular weight excluding hydrogens is 318 g/mol. The maximum absolute atomic E-state index is 11.8. The molecule has 1 aromatic heterocycles. The summed E-state index contributed by atoms with van der Waals surface area (Å²) in [5.74, 6) is -0.166. The molecule has 0 radical (unpaired) electrons. The number of primary amides is 1. The molecule has 2 rings (SSSR count). The quantitative estimate of drug-likeness (QED) is 0.739. The first-order valence-corrected chi connectivity index (χ1v) is 8.58. The van der Waals surface area contributed by atoms with Gasteiger partial charge in [0.05, 0.1) is 5.56 Å². The number of carbonyl (C=O) groups is 2. The van der Waals surface area contributed by atoms with Crippen LogP contribution >= 0.6 is 23.6 Å². The summed E-state index contributed by atoms with van der Waals surface area (Å²) in [6.07, 6.45) is 2.86. The second kappa shape index (κ2) is 6.75. The van der Waals surface area contributed by atoms with Crippen LogP contribution in [0.25, 0.3) is 0 Å². The maximum atomic E-state index is 11.8. The lowest BCUT2D eigenvalue weighted by Gasteiger charge is -2.18. The third kappa shape index (κ3) is 3.64. The van der Waals surface area contributed by atoms with Crippen molar-refractivity contribution in [3.63, 3.8) is 0 Å². The molecular formula is C15H21N3O2S2. The van der Waals surface area contributed by atoms with Crippen molar-refractivity contribution in [3.05, 3.63) is 16.0 Å². The molecule has 5 nitrogen and oxygen atoms in total. The van der Waals surface area contributed by atoms with Crippen LogP contribution in [0.15, 0.2) is 0 Å². The van der Waals surface area contributed by atoms with Crippen LogP contribution in [0.2, 0.25) is 0 Å². The fourth-order valence-electron chi connectivity index (χ4n) is 2.49. The first-order valence-electron chi connectivity index (χ1n) is 7.35. The van der Waals surface area contributed by atoms with Crippen LogP contribution in [0, 0.1) is 11.8 Å². The number of fused-ring (bicyclic) bond motifs is 1. The van der Waals surface area contributed by atoms with Gasteiger partial charge in [0.2, 0.25) is 5.91 Å². The summed E-state index contributed by atoms with van der Waals surface area (Å²) >= 11 is 6.66. The molecule has 0 aromatic carbocycles. The van der Waals surface area contributed by atoms with Gasteiger partial charge in [-0.05, 0) is 43.0 Å². The van der Waals surface area contributed by atoms with Crippen LogP contribution < -0.4 is 16.4 Å². The molecule has 1 aromatic rings. The molecule has 1 aliphatic carbocycles. The standard InChI is InChI=1S/C15H21N3O2S2/c1-7(2)13(20)17-15(21)18-14-11(12(16)19)9-5-4-8(3)6-10(9)22-14/h7-8H,4-6H2,1-3H3,(H2,16,19)(H2,17,18,20,21)/t8-/m1/s1. The summed E-state index contributed by atoms with van der Waals surface area (Å²) in [4.78, 5) is 24.7. The highest BCUT2D eigenvalue weighted by Crippen LogP contribution is 2.39. The van der Waals surface area contributed by atoms with Crippen LogP contribution in [0.1, 0.15) is 48.0 Å². The minimum Gasteiger partial charge on any atom is -0.365 e. The molecule has 0 fully saturated rings. The van der Waals surface area contributed by atoms with E-state index in [1.807, 2.05) is 0 Å². The number of rotatable bonds is 3. The van der Waals surface area contributed by atoms with Crippen molar-refractivity contribution in [1.29, 1.82) is 0 Å².